The van der Waals surface area contributed by atoms with Crippen LogP contribution >= 0.6 is 0 Å². The Morgan fingerprint density at radius 2 is 1.70 bits per heavy atom. The molecule has 2 aliphatic carbocycles. The van der Waals surface area contributed by atoms with Gasteiger partial charge in [-0.3, -0.25) is 9.36 Å². The molecular weight excluding hydrogens is 498 g/mol. The van der Waals surface area contributed by atoms with Crippen molar-refractivity contribution in [3.63, 3.8) is 0 Å². The number of imidazole rings is 1. The number of allylic oxidation sites excluding steroid dienone is 1. The summed E-state index contributed by atoms with van der Waals surface area (Å²) in [4.78, 5) is 10.4. The third-order valence-corrected chi connectivity index (χ3v) is 8.29. The fraction of sp³-hybridized carbons (Fsp3) is 0.323. The van der Waals surface area contributed by atoms with Gasteiger partial charge in [0.05, 0.1) is 22.6 Å². The molecule has 0 radical (unpaired) electrons. The van der Waals surface area contributed by atoms with E-state index in [-0.39, 0.29) is 0 Å². The zero-order valence-electron chi connectivity index (χ0n) is 23.3. The second-order valence-electron chi connectivity index (χ2n) is 11.5. The molecule has 1 aromatic carbocycles. The van der Waals surface area contributed by atoms with Crippen LogP contribution in [0.1, 0.15) is 61.5 Å². The van der Waals surface area contributed by atoms with Gasteiger partial charge < -0.3 is 4.57 Å². The number of benzene rings is 1. The van der Waals surface area contributed by atoms with E-state index in [0.717, 1.165) is 67.4 Å². The summed E-state index contributed by atoms with van der Waals surface area (Å²) in [6.07, 6.45) is 8.84. The number of pyridine rings is 1. The molecule has 9 heteroatoms. The normalized spacial score (nSPS) is 15.5. The van der Waals surface area contributed by atoms with Gasteiger partial charge in [-0.1, -0.05) is 18.7 Å². The maximum Gasteiger partial charge on any atom is 0.181 e. The van der Waals surface area contributed by atoms with Crippen LogP contribution in [-0.4, -0.2) is 43.9 Å². The summed E-state index contributed by atoms with van der Waals surface area (Å²) in [7, 11) is 6.06. The maximum absolute atomic E-state index is 5.40. The molecule has 2 aliphatic rings. The van der Waals surface area contributed by atoms with Crippen LogP contribution < -0.4 is 0 Å². The van der Waals surface area contributed by atoms with Gasteiger partial charge in [-0.25, -0.2) is 14.6 Å². The van der Waals surface area contributed by atoms with Gasteiger partial charge in [-0.15, -0.1) is 0 Å². The van der Waals surface area contributed by atoms with E-state index in [1.54, 1.807) is 0 Å². The number of aromatic nitrogens is 9. The lowest BCUT2D eigenvalue weighted by molar-refractivity contribution is 0.726. The molecule has 0 bridgehead atoms. The van der Waals surface area contributed by atoms with Crippen LogP contribution in [0.2, 0.25) is 0 Å². The van der Waals surface area contributed by atoms with Crippen LogP contribution in [0.4, 0.5) is 0 Å². The molecule has 2 fully saturated rings. The third kappa shape index (κ3) is 3.57. The second-order valence-corrected chi connectivity index (χ2v) is 11.5. The molecule has 8 rings (SSSR count). The quantitative estimate of drug-likeness (QED) is 0.268. The first-order valence-electron chi connectivity index (χ1n) is 14.0. The van der Waals surface area contributed by atoms with Crippen molar-refractivity contribution in [1.82, 2.24) is 43.9 Å². The maximum atomic E-state index is 5.40. The van der Waals surface area contributed by atoms with E-state index in [1.165, 1.54) is 31.4 Å². The summed E-state index contributed by atoms with van der Waals surface area (Å²) in [5, 5.41) is 16.3. The molecule has 0 aliphatic heterocycles. The van der Waals surface area contributed by atoms with E-state index in [1.807, 2.05) is 47.3 Å². The van der Waals surface area contributed by atoms with Crippen molar-refractivity contribution in [2.75, 3.05) is 0 Å². The van der Waals surface area contributed by atoms with E-state index >= 15 is 0 Å². The second kappa shape index (κ2) is 8.24. The predicted molar refractivity (Wildman–Crippen MR) is 156 cm³/mol. The Morgan fingerprint density at radius 3 is 2.42 bits per heavy atom. The van der Waals surface area contributed by atoms with Crippen LogP contribution in [0.5, 0.6) is 0 Å². The highest BCUT2D eigenvalue weighted by atomic mass is 15.4. The molecule has 9 nitrogen and oxygen atoms in total. The van der Waals surface area contributed by atoms with Crippen LogP contribution in [0, 0.1) is 0 Å². The zero-order valence-corrected chi connectivity index (χ0v) is 23.3. The Hall–Kier alpha value is -4.53. The van der Waals surface area contributed by atoms with E-state index in [2.05, 4.69) is 53.8 Å². The lowest BCUT2D eigenvalue weighted by Gasteiger charge is -2.10. The molecule has 40 heavy (non-hydrogen) atoms. The Labute approximate surface area is 231 Å². The minimum atomic E-state index is 0.482. The number of hydrogen-bond acceptors (Lipinski definition) is 5. The summed E-state index contributed by atoms with van der Waals surface area (Å²) in [6.45, 7) is 6.08. The molecule has 0 amide bonds. The molecule has 0 spiro atoms. The SMILES string of the molecule is C=C(C)c1cc(-n2cc3c(-c4nc(-c5cc6cn(C)nc6nc5C5CC5)n(C)c4C4CC4)cccc3n2)nn1C. The summed E-state index contributed by atoms with van der Waals surface area (Å²) in [5.74, 6) is 2.75. The number of fused-ring (bicyclic) bond motifs is 2. The summed E-state index contributed by atoms with van der Waals surface area (Å²) in [6, 6.07) is 10.6. The minimum Gasteiger partial charge on any atom is -0.330 e. The number of aryl methyl sites for hydroxylation is 2. The highest BCUT2D eigenvalue weighted by molar-refractivity contribution is 5.95. The number of nitrogens with zero attached hydrogens (tertiary/aromatic N) is 9. The summed E-state index contributed by atoms with van der Waals surface area (Å²) >= 11 is 0. The largest absolute Gasteiger partial charge is 0.330 e. The van der Waals surface area contributed by atoms with Crippen molar-refractivity contribution in [3.05, 3.63) is 66.4 Å². The fourth-order valence-electron chi connectivity index (χ4n) is 6.04. The van der Waals surface area contributed by atoms with Crippen LogP contribution in [0.15, 0.2) is 49.3 Å². The predicted octanol–water partition coefficient (Wildman–Crippen LogP) is 5.90. The summed E-state index contributed by atoms with van der Waals surface area (Å²) in [5.41, 5.74) is 9.39. The average molecular weight is 530 g/mol. The first-order valence-corrected chi connectivity index (χ1v) is 14.0. The molecule has 200 valence electrons. The first kappa shape index (κ1) is 23.4. The van der Waals surface area contributed by atoms with Crippen molar-refractivity contribution in [2.24, 2.45) is 21.1 Å². The number of rotatable bonds is 6. The Bertz CT molecular complexity index is 1990. The van der Waals surface area contributed by atoms with Gasteiger partial charge in [0.2, 0.25) is 0 Å². The smallest absolute Gasteiger partial charge is 0.181 e. The van der Waals surface area contributed by atoms with Gasteiger partial charge in [0.15, 0.2) is 11.5 Å². The average Bonchev–Trinajstić information content (AvgIpc) is 3.79. The molecule has 5 heterocycles. The highest BCUT2D eigenvalue weighted by Gasteiger charge is 2.35. The zero-order chi connectivity index (χ0) is 27.3. The monoisotopic (exact) mass is 529 g/mol. The first-order chi connectivity index (χ1) is 19.4. The van der Waals surface area contributed by atoms with Gasteiger partial charge in [0, 0.05) is 79.0 Å². The van der Waals surface area contributed by atoms with Crippen LogP contribution in [-0.2, 0) is 21.1 Å². The van der Waals surface area contributed by atoms with Crippen molar-refractivity contribution in [2.45, 2.75) is 44.4 Å². The Balaban J connectivity index is 1.31. The Morgan fingerprint density at radius 1 is 0.900 bits per heavy atom. The molecule has 0 unspecified atom stereocenters. The van der Waals surface area contributed by atoms with Crippen molar-refractivity contribution in [1.29, 1.82) is 0 Å². The Kier molecular flexibility index (Phi) is 4.81. The molecule has 0 atom stereocenters. The molecule has 2 saturated carbocycles. The van der Waals surface area contributed by atoms with Crippen molar-refractivity contribution in [3.8, 4) is 28.5 Å². The summed E-state index contributed by atoms with van der Waals surface area (Å²) < 4.78 is 7.88. The molecular formula is C31H31N9. The lowest BCUT2D eigenvalue weighted by atomic mass is 10.0. The molecule has 0 N–H and O–H groups in total. The fourth-order valence-corrected chi connectivity index (χ4v) is 6.04. The van der Waals surface area contributed by atoms with E-state index in [0.29, 0.717) is 11.8 Å². The molecule has 0 saturated heterocycles. The van der Waals surface area contributed by atoms with E-state index in [4.69, 9.17) is 20.2 Å². The van der Waals surface area contributed by atoms with Gasteiger partial charge in [0.1, 0.15) is 5.82 Å². The van der Waals surface area contributed by atoms with Crippen molar-refractivity contribution < 1.29 is 0 Å². The third-order valence-electron chi connectivity index (χ3n) is 8.29. The van der Waals surface area contributed by atoms with E-state index in [9.17, 15) is 0 Å². The van der Waals surface area contributed by atoms with Gasteiger partial charge >= 0.3 is 0 Å². The van der Waals surface area contributed by atoms with Crippen LogP contribution in [0.3, 0.4) is 0 Å². The van der Waals surface area contributed by atoms with Crippen molar-refractivity contribution >= 4 is 27.5 Å². The highest BCUT2D eigenvalue weighted by Crippen LogP contribution is 2.49. The standard InChI is InChI=1S/C31H31N9/c1-17(2)25-14-26(35-39(25)5)40-16-23-21(7-6-8-24(23)34-40)28-29(19-11-12-19)38(4)31(33-28)22-13-20-15-37(3)36-30(20)32-27(22)18-9-10-18/h6-8,13-16,18-19H,1,9-12H2,2-5H3. The van der Waals surface area contributed by atoms with E-state index < -0.39 is 0 Å². The lowest BCUT2D eigenvalue weighted by Crippen LogP contribution is -2.01. The topological polar surface area (TPSA) is 84.2 Å². The van der Waals surface area contributed by atoms with Gasteiger partial charge in [-0.05, 0) is 50.3 Å². The van der Waals surface area contributed by atoms with Gasteiger partial charge in [-0.2, -0.15) is 15.3 Å². The number of hydrogen-bond donors (Lipinski definition) is 0. The minimum absolute atomic E-state index is 0.482. The van der Waals surface area contributed by atoms with Crippen LogP contribution in [0.25, 0.3) is 56.0 Å². The molecule has 6 aromatic rings. The molecule has 5 aromatic heterocycles. The van der Waals surface area contributed by atoms with Gasteiger partial charge in [0.25, 0.3) is 0 Å².